The highest BCUT2D eigenvalue weighted by Gasteiger charge is 2.54. The summed E-state index contributed by atoms with van der Waals surface area (Å²) < 4.78 is 16.6. The lowest BCUT2D eigenvalue weighted by Crippen LogP contribution is -2.55. The van der Waals surface area contributed by atoms with Gasteiger partial charge in [0, 0.05) is 18.8 Å². The predicted molar refractivity (Wildman–Crippen MR) is 114 cm³/mol. The number of carbonyl (C=O) groups excluding carboxylic acids is 4. The number of benzene rings is 1. The van der Waals surface area contributed by atoms with Crippen LogP contribution in [0.2, 0.25) is 0 Å². The van der Waals surface area contributed by atoms with Gasteiger partial charge < -0.3 is 19.5 Å². The zero-order valence-electron chi connectivity index (χ0n) is 18.0. The second-order valence-electron chi connectivity index (χ2n) is 8.69. The molecular formula is C22H26BrNO7. The molecule has 1 aromatic rings. The Hall–Kier alpha value is -2.26. The van der Waals surface area contributed by atoms with E-state index in [1.807, 2.05) is 0 Å². The van der Waals surface area contributed by atoms with Crippen molar-refractivity contribution < 1.29 is 33.4 Å². The zero-order valence-corrected chi connectivity index (χ0v) is 19.6. The predicted octanol–water partition coefficient (Wildman–Crippen LogP) is 2.35. The van der Waals surface area contributed by atoms with Crippen LogP contribution in [-0.2, 0) is 29.3 Å². The van der Waals surface area contributed by atoms with Crippen LogP contribution in [0.5, 0.6) is 5.75 Å². The summed E-state index contributed by atoms with van der Waals surface area (Å²) in [6.07, 6.45) is 0.724. The third-order valence-electron chi connectivity index (χ3n) is 5.50. The summed E-state index contributed by atoms with van der Waals surface area (Å²) in [6.45, 7) is 5.37. The molecule has 1 spiro atoms. The summed E-state index contributed by atoms with van der Waals surface area (Å²) in [6, 6.07) is 3.28. The third-order valence-corrected chi connectivity index (χ3v) is 6.12. The molecule has 1 heterocycles. The minimum absolute atomic E-state index is 0.277. The van der Waals surface area contributed by atoms with Crippen molar-refractivity contribution in [2.75, 3.05) is 26.9 Å². The minimum atomic E-state index is -1.54. The number of rotatable bonds is 4. The average molecular weight is 496 g/mol. The van der Waals surface area contributed by atoms with Crippen molar-refractivity contribution in [3.8, 4) is 5.75 Å². The Balaban J connectivity index is 1.95. The van der Waals surface area contributed by atoms with E-state index in [1.54, 1.807) is 32.9 Å². The molecule has 3 rings (SSSR count). The van der Waals surface area contributed by atoms with E-state index in [1.165, 1.54) is 7.11 Å². The van der Waals surface area contributed by atoms with Crippen LogP contribution >= 0.6 is 15.9 Å². The molecule has 1 unspecified atom stereocenters. The van der Waals surface area contributed by atoms with Gasteiger partial charge in [0.25, 0.3) is 0 Å². The van der Waals surface area contributed by atoms with Gasteiger partial charge in [-0.1, -0.05) is 0 Å². The first-order chi connectivity index (χ1) is 14.5. The van der Waals surface area contributed by atoms with Gasteiger partial charge in [0.2, 0.25) is 5.91 Å². The highest BCUT2D eigenvalue weighted by molar-refractivity contribution is 9.10. The molecule has 9 heteroatoms. The van der Waals surface area contributed by atoms with Crippen LogP contribution in [0.3, 0.4) is 0 Å². The Morgan fingerprint density at radius 3 is 2.45 bits per heavy atom. The van der Waals surface area contributed by atoms with Crippen LogP contribution in [0.25, 0.3) is 0 Å². The third kappa shape index (κ3) is 4.52. The number of Topliss-reactive ketones (excluding diaryl/α,β-unsaturated/α-hetero) is 2. The fourth-order valence-electron chi connectivity index (χ4n) is 4.11. The van der Waals surface area contributed by atoms with Crippen LogP contribution in [0.15, 0.2) is 16.6 Å². The molecule has 1 fully saturated rings. The Morgan fingerprint density at radius 2 is 1.87 bits per heavy atom. The van der Waals surface area contributed by atoms with Gasteiger partial charge in [-0.25, -0.2) is 0 Å². The first-order valence-corrected chi connectivity index (χ1v) is 10.8. The summed E-state index contributed by atoms with van der Waals surface area (Å²) in [5, 5.41) is 2.40. The molecule has 168 valence electrons. The van der Waals surface area contributed by atoms with Crippen LogP contribution in [0, 0.1) is 5.92 Å². The summed E-state index contributed by atoms with van der Waals surface area (Å²) >= 11 is 3.42. The molecule has 8 nitrogen and oxygen atoms in total. The second kappa shape index (κ2) is 8.70. The first kappa shape index (κ1) is 23.4. The topological polar surface area (TPSA) is 108 Å². The van der Waals surface area contributed by atoms with Gasteiger partial charge in [0.1, 0.15) is 17.9 Å². The van der Waals surface area contributed by atoms with E-state index in [4.69, 9.17) is 14.2 Å². The largest absolute Gasteiger partial charge is 0.496 e. The molecule has 1 saturated heterocycles. The van der Waals surface area contributed by atoms with E-state index >= 15 is 0 Å². The fraction of sp³-hybridized carbons (Fsp3) is 0.545. The van der Waals surface area contributed by atoms with Gasteiger partial charge in [-0.05, 0) is 67.2 Å². The molecule has 0 radical (unpaired) electrons. The second-order valence-corrected chi connectivity index (χ2v) is 9.55. The molecule has 1 N–H and O–H groups in total. The number of ether oxygens (including phenoxy) is 3. The molecular weight excluding hydrogens is 470 g/mol. The monoisotopic (exact) mass is 495 g/mol. The maximum absolute atomic E-state index is 13.6. The van der Waals surface area contributed by atoms with Crippen LogP contribution in [0.1, 0.15) is 49.5 Å². The van der Waals surface area contributed by atoms with Gasteiger partial charge in [0.05, 0.1) is 17.0 Å². The number of halogens is 1. The van der Waals surface area contributed by atoms with Gasteiger partial charge >= 0.3 is 5.97 Å². The highest BCUT2D eigenvalue weighted by atomic mass is 79.9. The fourth-order valence-corrected chi connectivity index (χ4v) is 4.61. The quantitative estimate of drug-likeness (QED) is 0.504. The number of amides is 1. The number of fused-ring (bicyclic) bond motifs is 2. The van der Waals surface area contributed by atoms with Crippen molar-refractivity contribution >= 4 is 39.4 Å². The molecule has 2 aliphatic rings. The van der Waals surface area contributed by atoms with Gasteiger partial charge in [-0.15, -0.1) is 0 Å². The number of ketones is 2. The highest BCUT2D eigenvalue weighted by Crippen LogP contribution is 2.46. The lowest BCUT2D eigenvalue weighted by molar-refractivity contribution is -0.155. The van der Waals surface area contributed by atoms with Gasteiger partial charge in [-0.3, -0.25) is 19.2 Å². The maximum atomic E-state index is 13.6. The number of methoxy groups -OCH3 is 1. The van der Waals surface area contributed by atoms with E-state index in [0.29, 0.717) is 41.8 Å². The van der Waals surface area contributed by atoms with E-state index in [0.717, 1.165) is 0 Å². The lowest BCUT2D eigenvalue weighted by atomic mass is 9.61. The smallest absolute Gasteiger partial charge is 0.325 e. The van der Waals surface area contributed by atoms with Crippen LogP contribution < -0.4 is 10.1 Å². The number of hydrogen-bond donors (Lipinski definition) is 1. The first-order valence-electron chi connectivity index (χ1n) is 10.0. The number of hydrogen-bond acceptors (Lipinski definition) is 7. The van der Waals surface area contributed by atoms with E-state index < -0.39 is 46.9 Å². The standard InChI is InChI=1S/C22H26BrNO7/c1-21(2,3)31-16(25)11-24-20(28)17-18(26)12-9-15(29-4)14(23)10-13(12)22(19(17)27)5-7-30-8-6-22/h9-10,17H,5-8,11H2,1-4H3,(H,24,28). The molecule has 1 aromatic carbocycles. The van der Waals surface area contributed by atoms with E-state index in [9.17, 15) is 19.2 Å². The molecule has 0 bridgehead atoms. The summed E-state index contributed by atoms with van der Waals surface area (Å²) in [5.74, 6) is -3.64. The molecule has 1 atom stereocenters. The van der Waals surface area contributed by atoms with Crippen molar-refractivity contribution in [3.05, 3.63) is 27.7 Å². The number of esters is 1. The summed E-state index contributed by atoms with van der Waals surface area (Å²) in [7, 11) is 1.47. The molecule has 31 heavy (non-hydrogen) atoms. The van der Waals surface area contributed by atoms with Gasteiger partial charge in [0.15, 0.2) is 17.5 Å². The van der Waals surface area contributed by atoms with E-state index in [2.05, 4.69) is 21.2 Å². The van der Waals surface area contributed by atoms with Crippen molar-refractivity contribution in [3.63, 3.8) is 0 Å². The van der Waals surface area contributed by atoms with Crippen molar-refractivity contribution in [1.29, 1.82) is 0 Å². The Morgan fingerprint density at radius 1 is 1.23 bits per heavy atom. The molecule has 0 saturated carbocycles. The van der Waals surface area contributed by atoms with E-state index in [-0.39, 0.29) is 5.56 Å². The molecule has 1 amide bonds. The van der Waals surface area contributed by atoms with Gasteiger partial charge in [-0.2, -0.15) is 0 Å². The normalized spacial score (nSPS) is 20.2. The maximum Gasteiger partial charge on any atom is 0.325 e. The molecule has 1 aliphatic carbocycles. The van der Waals surface area contributed by atoms with Crippen LogP contribution in [-0.4, -0.2) is 55.9 Å². The Kier molecular flexibility index (Phi) is 6.57. The number of carbonyl (C=O) groups is 4. The van der Waals surface area contributed by atoms with Crippen molar-refractivity contribution in [1.82, 2.24) is 5.32 Å². The SMILES string of the molecule is COc1cc2c(cc1Br)C1(CCOCC1)C(=O)C(C(=O)NCC(=O)OC(C)(C)C)C2=O. The minimum Gasteiger partial charge on any atom is -0.496 e. The summed E-state index contributed by atoms with van der Waals surface area (Å²) in [5.41, 5.74) is -0.869. The zero-order chi connectivity index (χ0) is 23.0. The molecule has 1 aliphatic heterocycles. The van der Waals surface area contributed by atoms with Crippen LogP contribution in [0.4, 0.5) is 0 Å². The summed E-state index contributed by atoms with van der Waals surface area (Å²) in [4.78, 5) is 51.7. The molecule has 0 aromatic heterocycles. The average Bonchev–Trinajstić information content (AvgIpc) is 2.70. The van der Waals surface area contributed by atoms with Crippen molar-refractivity contribution in [2.24, 2.45) is 5.92 Å². The Labute approximate surface area is 189 Å². The Bertz CT molecular complexity index is 929. The number of nitrogens with one attached hydrogen (secondary N) is 1. The lowest BCUT2D eigenvalue weighted by Gasteiger charge is -2.42. The van der Waals surface area contributed by atoms with Crippen molar-refractivity contribution in [2.45, 2.75) is 44.6 Å².